The summed E-state index contributed by atoms with van der Waals surface area (Å²) in [4.78, 5) is 13.4. The molecule has 0 heterocycles. The van der Waals surface area contributed by atoms with Gasteiger partial charge in [-0.05, 0) is 42.7 Å². The number of nitrogens with one attached hydrogen (secondary N) is 1. The molecule has 1 N–H and O–H groups in total. The van der Waals surface area contributed by atoms with Gasteiger partial charge in [0.2, 0.25) is 0 Å². The van der Waals surface area contributed by atoms with Gasteiger partial charge in [-0.1, -0.05) is 6.07 Å². The Balaban J connectivity index is 2.06. The Morgan fingerprint density at radius 3 is 2.57 bits per heavy atom. The van der Waals surface area contributed by atoms with Crippen molar-refractivity contribution in [3.8, 4) is 11.5 Å². The molecule has 0 radical (unpaired) electrons. The number of ketones is 1. The van der Waals surface area contributed by atoms with Gasteiger partial charge in [0.05, 0.1) is 14.2 Å². The van der Waals surface area contributed by atoms with Gasteiger partial charge < -0.3 is 14.8 Å². The summed E-state index contributed by atoms with van der Waals surface area (Å²) in [6.45, 7) is 0. The number of ether oxygens (including phenoxy) is 2. The number of anilines is 1. The Morgan fingerprint density at radius 1 is 1.09 bits per heavy atom. The highest BCUT2D eigenvalue weighted by Gasteiger charge is 2.08. The largest absolute Gasteiger partial charge is 0.493 e. The number of hydrogen-bond acceptors (Lipinski definition) is 5. The summed E-state index contributed by atoms with van der Waals surface area (Å²) >= 11 is 1.67. The van der Waals surface area contributed by atoms with Crippen LogP contribution in [0.3, 0.4) is 0 Å². The van der Waals surface area contributed by atoms with E-state index in [2.05, 4.69) is 5.32 Å². The first-order valence-electron chi connectivity index (χ1n) is 7.01. The summed E-state index contributed by atoms with van der Waals surface area (Å²) < 4.78 is 10.4. The van der Waals surface area contributed by atoms with Crippen molar-refractivity contribution in [1.29, 1.82) is 0 Å². The standard InChI is InChI=1S/C18H19NO3S/c1-21-17-8-7-13(11-18(17)22-2)16(20)9-10-19-14-5-4-6-15(12-14)23-3/h4-12,19H,1-3H3/b10-9+. The van der Waals surface area contributed by atoms with E-state index in [1.807, 2.05) is 30.5 Å². The van der Waals surface area contributed by atoms with E-state index >= 15 is 0 Å². The van der Waals surface area contributed by atoms with Crippen LogP contribution in [0.4, 0.5) is 5.69 Å². The minimum atomic E-state index is -0.112. The molecule has 0 atom stereocenters. The molecule has 0 saturated carbocycles. The van der Waals surface area contributed by atoms with E-state index in [0.717, 1.165) is 10.6 Å². The molecule has 0 aliphatic carbocycles. The number of methoxy groups -OCH3 is 2. The van der Waals surface area contributed by atoms with Crippen LogP contribution >= 0.6 is 11.8 Å². The fraction of sp³-hybridized carbons (Fsp3) is 0.167. The average molecular weight is 329 g/mol. The van der Waals surface area contributed by atoms with Gasteiger partial charge in [-0.25, -0.2) is 0 Å². The Bertz CT molecular complexity index is 713. The second kappa shape index (κ2) is 8.29. The summed E-state index contributed by atoms with van der Waals surface area (Å²) in [5.74, 6) is 1.02. The van der Waals surface area contributed by atoms with E-state index in [4.69, 9.17) is 9.47 Å². The van der Waals surface area contributed by atoms with Crippen LogP contribution in [0.15, 0.2) is 59.6 Å². The van der Waals surface area contributed by atoms with Crippen molar-refractivity contribution in [1.82, 2.24) is 0 Å². The number of allylic oxidation sites excluding steroid dienone is 1. The fourth-order valence-corrected chi connectivity index (χ4v) is 2.47. The minimum absolute atomic E-state index is 0.112. The number of rotatable bonds is 7. The molecule has 0 unspecified atom stereocenters. The first-order chi connectivity index (χ1) is 11.2. The summed E-state index contributed by atoms with van der Waals surface area (Å²) in [6, 6.07) is 13.1. The van der Waals surface area contributed by atoms with E-state index in [1.165, 1.54) is 6.08 Å². The molecule has 0 aromatic heterocycles. The van der Waals surface area contributed by atoms with E-state index in [1.54, 1.807) is 50.4 Å². The molecule has 23 heavy (non-hydrogen) atoms. The highest BCUT2D eigenvalue weighted by molar-refractivity contribution is 7.98. The third-order valence-corrected chi connectivity index (χ3v) is 3.95. The van der Waals surface area contributed by atoms with Gasteiger partial charge in [-0.3, -0.25) is 4.79 Å². The fourth-order valence-electron chi connectivity index (χ4n) is 2.01. The zero-order valence-electron chi connectivity index (χ0n) is 13.3. The van der Waals surface area contributed by atoms with Crippen LogP contribution in [0, 0.1) is 0 Å². The van der Waals surface area contributed by atoms with Crippen LogP contribution in [0.2, 0.25) is 0 Å². The zero-order chi connectivity index (χ0) is 16.7. The van der Waals surface area contributed by atoms with Crippen molar-refractivity contribution in [2.24, 2.45) is 0 Å². The van der Waals surface area contributed by atoms with Gasteiger partial charge in [-0.15, -0.1) is 11.8 Å². The molecule has 5 heteroatoms. The Hall–Kier alpha value is -2.40. The Morgan fingerprint density at radius 2 is 1.87 bits per heavy atom. The van der Waals surface area contributed by atoms with Crippen molar-refractivity contribution in [2.75, 3.05) is 25.8 Å². The Labute approximate surface area is 140 Å². The van der Waals surface area contributed by atoms with Gasteiger partial charge in [0.15, 0.2) is 17.3 Å². The predicted octanol–water partition coefficient (Wildman–Crippen LogP) is 4.23. The molecule has 0 fully saturated rings. The van der Waals surface area contributed by atoms with E-state index in [9.17, 15) is 4.79 Å². The molecule has 4 nitrogen and oxygen atoms in total. The third kappa shape index (κ3) is 4.53. The van der Waals surface area contributed by atoms with Crippen LogP contribution in [-0.4, -0.2) is 26.3 Å². The van der Waals surface area contributed by atoms with E-state index in [-0.39, 0.29) is 5.78 Å². The lowest BCUT2D eigenvalue weighted by Crippen LogP contribution is -1.98. The number of thioether (sulfide) groups is 1. The quantitative estimate of drug-likeness (QED) is 0.468. The van der Waals surface area contributed by atoms with Gasteiger partial charge in [0.1, 0.15) is 0 Å². The number of carbonyl (C=O) groups is 1. The van der Waals surface area contributed by atoms with E-state index in [0.29, 0.717) is 17.1 Å². The van der Waals surface area contributed by atoms with E-state index < -0.39 is 0 Å². The monoisotopic (exact) mass is 329 g/mol. The molecule has 0 spiro atoms. The van der Waals surface area contributed by atoms with Crippen molar-refractivity contribution in [3.05, 3.63) is 60.3 Å². The molecule has 0 aliphatic heterocycles. The summed E-state index contributed by atoms with van der Waals surface area (Å²) in [6.07, 6.45) is 5.15. The first-order valence-corrected chi connectivity index (χ1v) is 8.24. The van der Waals surface area contributed by atoms with Crippen LogP contribution in [0.25, 0.3) is 0 Å². The lowest BCUT2D eigenvalue weighted by molar-refractivity contribution is 0.104. The molecule has 2 aromatic carbocycles. The van der Waals surface area contributed by atoms with Crippen LogP contribution in [0.5, 0.6) is 11.5 Å². The minimum Gasteiger partial charge on any atom is -0.493 e. The smallest absolute Gasteiger partial charge is 0.187 e. The topological polar surface area (TPSA) is 47.6 Å². The Kier molecular flexibility index (Phi) is 6.11. The normalized spacial score (nSPS) is 10.6. The number of benzene rings is 2. The molecule has 2 aromatic rings. The van der Waals surface area contributed by atoms with Gasteiger partial charge in [-0.2, -0.15) is 0 Å². The van der Waals surface area contributed by atoms with Gasteiger partial charge in [0, 0.05) is 28.4 Å². The van der Waals surface area contributed by atoms with Crippen molar-refractivity contribution in [3.63, 3.8) is 0 Å². The number of hydrogen-bond donors (Lipinski definition) is 1. The third-order valence-electron chi connectivity index (χ3n) is 3.22. The summed E-state index contributed by atoms with van der Waals surface area (Å²) in [5, 5.41) is 3.10. The molecule has 0 aliphatic rings. The van der Waals surface area contributed by atoms with Crippen molar-refractivity contribution < 1.29 is 14.3 Å². The maximum absolute atomic E-state index is 12.2. The van der Waals surface area contributed by atoms with Gasteiger partial charge >= 0.3 is 0 Å². The highest BCUT2D eigenvalue weighted by atomic mass is 32.2. The molecule has 0 bridgehead atoms. The lowest BCUT2D eigenvalue weighted by Gasteiger charge is -2.08. The van der Waals surface area contributed by atoms with Crippen LogP contribution < -0.4 is 14.8 Å². The second-order valence-corrected chi connectivity index (χ2v) is 5.52. The average Bonchev–Trinajstić information content (AvgIpc) is 2.61. The predicted molar refractivity (Wildman–Crippen MR) is 94.9 cm³/mol. The maximum atomic E-state index is 12.2. The zero-order valence-corrected chi connectivity index (χ0v) is 14.1. The number of carbonyl (C=O) groups excluding carboxylic acids is 1. The van der Waals surface area contributed by atoms with Crippen molar-refractivity contribution in [2.45, 2.75) is 4.90 Å². The van der Waals surface area contributed by atoms with Crippen LogP contribution in [-0.2, 0) is 0 Å². The second-order valence-electron chi connectivity index (χ2n) is 4.64. The molecule has 0 amide bonds. The van der Waals surface area contributed by atoms with Crippen LogP contribution in [0.1, 0.15) is 10.4 Å². The molecule has 120 valence electrons. The summed E-state index contributed by atoms with van der Waals surface area (Å²) in [7, 11) is 3.11. The molecule has 0 saturated heterocycles. The van der Waals surface area contributed by atoms with Gasteiger partial charge in [0.25, 0.3) is 0 Å². The lowest BCUT2D eigenvalue weighted by atomic mass is 10.1. The maximum Gasteiger partial charge on any atom is 0.187 e. The van der Waals surface area contributed by atoms with Crippen molar-refractivity contribution >= 4 is 23.2 Å². The highest BCUT2D eigenvalue weighted by Crippen LogP contribution is 2.27. The summed E-state index contributed by atoms with van der Waals surface area (Å²) in [5.41, 5.74) is 1.48. The molecular weight excluding hydrogens is 310 g/mol. The SMILES string of the molecule is COc1ccc(C(=O)/C=C/Nc2cccc(SC)c2)cc1OC. The molecular formula is C18H19NO3S. The first kappa shape index (κ1) is 17.0. The molecule has 2 rings (SSSR count).